The first-order valence-electron chi connectivity index (χ1n) is 6.11. The molecule has 3 nitrogen and oxygen atoms in total. The summed E-state index contributed by atoms with van der Waals surface area (Å²) < 4.78 is 15.0. The van der Waals surface area contributed by atoms with E-state index in [9.17, 15) is 4.39 Å². The number of hydrogen-bond acceptors (Lipinski definition) is 2. The summed E-state index contributed by atoms with van der Waals surface area (Å²) in [6.45, 7) is 4.49. The van der Waals surface area contributed by atoms with Gasteiger partial charge in [0.2, 0.25) is 0 Å². The van der Waals surface area contributed by atoms with Crippen LogP contribution < -0.4 is 0 Å². The summed E-state index contributed by atoms with van der Waals surface area (Å²) >= 11 is 0. The Labute approximate surface area is 107 Å². The van der Waals surface area contributed by atoms with Crippen molar-refractivity contribution in [2.75, 3.05) is 7.05 Å². The van der Waals surface area contributed by atoms with Gasteiger partial charge >= 0.3 is 0 Å². The summed E-state index contributed by atoms with van der Waals surface area (Å²) in [5.41, 5.74) is 2.16. The van der Waals surface area contributed by atoms with Crippen LogP contribution in [0, 0.1) is 5.82 Å². The third-order valence-corrected chi connectivity index (χ3v) is 2.80. The highest BCUT2D eigenvalue weighted by molar-refractivity contribution is 5.16. The van der Waals surface area contributed by atoms with Gasteiger partial charge in [0.1, 0.15) is 5.82 Å². The van der Waals surface area contributed by atoms with Gasteiger partial charge < -0.3 is 0 Å². The molecule has 2 aromatic rings. The lowest BCUT2D eigenvalue weighted by atomic mass is 10.2. The highest BCUT2D eigenvalue weighted by atomic mass is 19.1. The molecule has 2 rings (SSSR count). The predicted octanol–water partition coefficient (Wildman–Crippen LogP) is 2.67. The van der Waals surface area contributed by atoms with E-state index in [2.05, 4.69) is 16.9 Å². The third kappa shape index (κ3) is 3.40. The van der Waals surface area contributed by atoms with E-state index >= 15 is 0 Å². The molecule has 1 aromatic heterocycles. The van der Waals surface area contributed by atoms with Crippen LogP contribution in [0.2, 0.25) is 0 Å². The first-order valence-corrected chi connectivity index (χ1v) is 6.11. The van der Waals surface area contributed by atoms with Crippen LogP contribution in [0.3, 0.4) is 0 Å². The highest BCUT2D eigenvalue weighted by Crippen LogP contribution is 2.09. The normalized spacial score (nSPS) is 11.1. The van der Waals surface area contributed by atoms with E-state index in [1.807, 2.05) is 30.2 Å². The number of rotatable bonds is 5. The van der Waals surface area contributed by atoms with Gasteiger partial charge in [-0.15, -0.1) is 0 Å². The van der Waals surface area contributed by atoms with Gasteiger partial charge in [0.25, 0.3) is 0 Å². The number of nitrogens with zero attached hydrogens (tertiary/aromatic N) is 3. The summed E-state index contributed by atoms with van der Waals surface area (Å²) in [5.74, 6) is -0.181. The Morgan fingerprint density at radius 2 is 2.06 bits per heavy atom. The molecule has 0 aliphatic carbocycles. The van der Waals surface area contributed by atoms with E-state index in [1.165, 1.54) is 11.6 Å². The molecular formula is C14H18FN3. The van der Waals surface area contributed by atoms with Crippen LogP contribution >= 0.6 is 0 Å². The molecule has 0 saturated heterocycles. The van der Waals surface area contributed by atoms with Gasteiger partial charge in [-0.25, -0.2) is 4.39 Å². The van der Waals surface area contributed by atoms with E-state index in [4.69, 9.17) is 0 Å². The van der Waals surface area contributed by atoms with Crippen molar-refractivity contribution >= 4 is 0 Å². The van der Waals surface area contributed by atoms with Gasteiger partial charge in [0.15, 0.2) is 0 Å². The van der Waals surface area contributed by atoms with Crippen LogP contribution in [-0.4, -0.2) is 21.7 Å². The summed E-state index contributed by atoms with van der Waals surface area (Å²) in [6.07, 6.45) is 3.92. The van der Waals surface area contributed by atoms with E-state index in [1.54, 1.807) is 12.1 Å². The molecule has 4 heteroatoms. The highest BCUT2D eigenvalue weighted by Gasteiger charge is 2.04. The number of benzene rings is 1. The van der Waals surface area contributed by atoms with Crippen LogP contribution in [0.5, 0.6) is 0 Å². The Morgan fingerprint density at radius 1 is 1.28 bits per heavy atom. The first kappa shape index (κ1) is 12.8. The molecular weight excluding hydrogens is 229 g/mol. The van der Waals surface area contributed by atoms with Crippen molar-refractivity contribution in [2.45, 2.75) is 26.6 Å². The largest absolute Gasteiger partial charge is 0.298 e. The zero-order chi connectivity index (χ0) is 13.0. The zero-order valence-corrected chi connectivity index (χ0v) is 10.8. The molecule has 96 valence electrons. The lowest BCUT2D eigenvalue weighted by Crippen LogP contribution is -2.17. The molecule has 0 atom stereocenters. The molecule has 0 bridgehead atoms. The molecule has 0 spiro atoms. The van der Waals surface area contributed by atoms with E-state index < -0.39 is 0 Å². The summed E-state index contributed by atoms with van der Waals surface area (Å²) in [6, 6.07) is 6.73. The van der Waals surface area contributed by atoms with Crippen LogP contribution in [0.25, 0.3) is 0 Å². The predicted molar refractivity (Wildman–Crippen MR) is 69.5 cm³/mol. The quantitative estimate of drug-likeness (QED) is 0.810. The number of halogens is 1. The smallest absolute Gasteiger partial charge is 0.123 e. The molecule has 0 N–H and O–H groups in total. The Kier molecular flexibility index (Phi) is 4.10. The lowest BCUT2D eigenvalue weighted by molar-refractivity contribution is 0.318. The second kappa shape index (κ2) is 5.78. The van der Waals surface area contributed by atoms with Crippen molar-refractivity contribution in [3.63, 3.8) is 0 Å². The van der Waals surface area contributed by atoms with Gasteiger partial charge in [-0.2, -0.15) is 5.10 Å². The molecule has 0 fully saturated rings. The molecule has 0 aliphatic heterocycles. The van der Waals surface area contributed by atoms with Crippen molar-refractivity contribution in [3.05, 3.63) is 53.6 Å². The second-order valence-corrected chi connectivity index (χ2v) is 4.51. The maximum Gasteiger partial charge on any atom is 0.123 e. The fourth-order valence-corrected chi connectivity index (χ4v) is 1.98. The zero-order valence-electron chi connectivity index (χ0n) is 10.8. The molecule has 0 aliphatic rings. The van der Waals surface area contributed by atoms with Gasteiger partial charge in [0.05, 0.1) is 6.20 Å². The minimum Gasteiger partial charge on any atom is -0.298 e. The fraction of sp³-hybridized carbons (Fsp3) is 0.357. The van der Waals surface area contributed by atoms with E-state index in [-0.39, 0.29) is 5.82 Å². The van der Waals surface area contributed by atoms with E-state index in [0.717, 1.165) is 25.2 Å². The number of hydrogen-bond donors (Lipinski definition) is 0. The average molecular weight is 247 g/mol. The van der Waals surface area contributed by atoms with Crippen molar-refractivity contribution in [3.8, 4) is 0 Å². The Morgan fingerprint density at radius 3 is 2.72 bits per heavy atom. The molecule has 18 heavy (non-hydrogen) atoms. The topological polar surface area (TPSA) is 21.1 Å². The minimum atomic E-state index is -0.181. The number of aromatic nitrogens is 2. The van der Waals surface area contributed by atoms with Gasteiger partial charge in [-0.1, -0.05) is 12.1 Å². The maximum atomic E-state index is 13.1. The summed E-state index contributed by atoms with van der Waals surface area (Å²) in [5, 5.41) is 4.24. The van der Waals surface area contributed by atoms with Gasteiger partial charge in [0, 0.05) is 31.4 Å². The lowest BCUT2D eigenvalue weighted by Gasteiger charge is -2.15. The Bertz CT molecular complexity index is 507. The van der Waals surface area contributed by atoms with Crippen LogP contribution in [0.15, 0.2) is 36.7 Å². The summed E-state index contributed by atoms with van der Waals surface area (Å²) in [4.78, 5) is 2.14. The molecule has 0 saturated carbocycles. The molecule has 0 amide bonds. The van der Waals surface area contributed by atoms with Crippen LogP contribution in [0.4, 0.5) is 4.39 Å². The first-order chi connectivity index (χ1) is 8.67. The number of aryl methyl sites for hydroxylation is 1. The fourth-order valence-electron chi connectivity index (χ4n) is 1.98. The second-order valence-electron chi connectivity index (χ2n) is 4.51. The monoisotopic (exact) mass is 247 g/mol. The maximum absolute atomic E-state index is 13.1. The SMILES string of the molecule is CCn1cc(CN(C)Cc2cccc(F)c2)cn1. The molecule has 0 unspecified atom stereocenters. The van der Waals surface area contributed by atoms with Crippen LogP contribution in [-0.2, 0) is 19.6 Å². The Hall–Kier alpha value is -1.68. The minimum absolute atomic E-state index is 0.181. The molecule has 1 heterocycles. The van der Waals surface area contributed by atoms with E-state index in [0.29, 0.717) is 0 Å². The van der Waals surface area contributed by atoms with Crippen molar-refractivity contribution in [2.24, 2.45) is 0 Å². The average Bonchev–Trinajstić information content (AvgIpc) is 2.76. The van der Waals surface area contributed by atoms with Gasteiger partial charge in [-0.3, -0.25) is 9.58 Å². The molecule has 0 radical (unpaired) electrons. The summed E-state index contributed by atoms with van der Waals surface area (Å²) in [7, 11) is 2.02. The molecule has 1 aromatic carbocycles. The van der Waals surface area contributed by atoms with Crippen molar-refractivity contribution in [1.29, 1.82) is 0 Å². The van der Waals surface area contributed by atoms with Gasteiger partial charge in [-0.05, 0) is 31.7 Å². The Balaban J connectivity index is 1.94. The van der Waals surface area contributed by atoms with Crippen molar-refractivity contribution < 1.29 is 4.39 Å². The third-order valence-electron chi connectivity index (χ3n) is 2.80. The van der Waals surface area contributed by atoms with Crippen LogP contribution in [0.1, 0.15) is 18.1 Å². The standard InChI is InChI=1S/C14H18FN3/c1-3-18-11-13(8-16-18)10-17(2)9-12-5-4-6-14(15)7-12/h4-8,11H,3,9-10H2,1-2H3. The van der Waals surface area contributed by atoms with Crippen molar-refractivity contribution in [1.82, 2.24) is 14.7 Å².